The Morgan fingerprint density at radius 1 is 1.89 bits per heavy atom. The SMILES string of the molecule is O=[N+]([O-])c1nc[nH]c1O. The monoisotopic (exact) mass is 129 g/mol. The van der Waals surface area contributed by atoms with Gasteiger partial charge in [0.1, 0.15) is 0 Å². The molecule has 6 nitrogen and oxygen atoms in total. The van der Waals surface area contributed by atoms with Crippen molar-refractivity contribution in [1.29, 1.82) is 0 Å². The van der Waals surface area contributed by atoms with Crippen LogP contribution in [-0.4, -0.2) is 20.0 Å². The van der Waals surface area contributed by atoms with Gasteiger partial charge in [0, 0.05) is 0 Å². The lowest BCUT2D eigenvalue weighted by molar-refractivity contribution is -0.390. The number of nitro groups is 1. The number of nitrogens with zero attached hydrogens (tertiary/aromatic N) is 2. The van der Waals surface area contributed by atoms with Gasteiger partial charge in [-0.15, -0.1) is 0 Å². The van der Waals surface area contributed by atoms with Crippen LogP contribution in [0.5, 0.6) is 5.88 Å². The molecule has 6 heteroatoms. The molecule has 48 valence electrons. The summed E-state index contributed by atoms with van der Waals surface area (Å²) in [7, 11) is 0. The number of hydrogen-bond acceptors (Lipinski definition) is 4. The quantitative estimate of drug-likeness (QED) is 0.413. The van der Waals surface area contributed by atoms with Crippen molar-refractivity contribution in [3.05, 3.63) is 16.4 Å². The summed E-state index contributed by atoms with van der Waals surface area (Å²) in [6.07, 6.45) is 1.05. The number of H-pyrrole nitrogens is 1. The Labute approximate surface area is 49.3 Å². The standard InChI is InChI=1S/C3H3N3O3/c7-3-2(6(8)9)4-1-5-3/h1,7H,(H,4,5). The van der Waals surface area contributed by atoms with Crippen molar-refractivity contribution in [3.63, 3.8) is 0 Å². The Balaban J connectivity index is 3.08. The summed E-state index contributed by atoms with van der Waals surface area (Å²) in [6, 6.07) is 0. The van der Waals surface area contributed by atoms with Crippen LogP contribution in [0, 0.1) is 10.1 Å². The van der Waals surface area contributed by atoms with Gasteiger partial charge in [0.05, 0.1) is 0 Å². The first-order valence-electron chi connectivity index (χ1n) is 2.08. The summed E-state index contributed by atoms with van der Waals surface area (Å²) < 4.78 is 0. The van der Waals surface area contributed by atoms with E-state index in [1.165, 1.54) is 0 Å². The first-order valence-corrected chi connectivity index (χ1v) is 2.08. The number of aromatic amines is 1. The minimum atomic E-state index is -0.772. The lowest BCUT2D eigenvalue weighted by Gasteiger charge is -1.84. The van der Waals surface area contributed by atoms with Crippen molar-refractivity contribution in [2.75, 3.05) is 0 Å². The summed E-state index contributed by atoms with van der Waals surface area (Å²) in [5, 5.41) is 18.4. The Kier molecular flexibility index (Phi) is 1.07. The maximum Gasteiger partial charge on any atom is 0.426 e. The zero-order chi connectivity index (χ0) is 6.85. The predicted octanol–water partition coefficient (Wildman–Crippen LogP) is 0.0235. The smallest absolute Gasteiger partial charge is 0.426 e. The van der Waals surface area contributed by atoms with Crippen molar-refractivity contribution in [2.45, 2.75) is 0 Å². The second kappa shape index (κ2) is 1.73. The molecule has 1 aromatic heterocycles. The molecule has 1 rings (SSSR count). The molecule has 0 radical (unpaired) electrons. The minimum Gasteiger partial charge on any atom is -0.489 e. The molecule has 0 saturated heterocycles. The maximum atomic E-state index is 9.85. The third kappa shape index (κ3) is 0.809. The van der Waals surface area contributed by atoms with Crippen molar-refractivity contribution in [3.8, 4) is 5.88 Å². The second-order valence-electron chi connectivity index (χ2n) is 1.33. The molecular formula is C3H3N3O3. The predicted molar refractivity (Wildman–Crippen MR) is 26.9 cm³/mol. The number of imidazole rings is 1. The molecule has 0 aliphatic carbocycles. The van der Waals surface area contributed by atoms with E-state index in [0.29, 0.717) is 0 Å². The van der Waals surface area contributed by atoms with E-state index in [1.54, 1.807) is 0 Å². The highest BCUT2D eigenvalue weighted by Crippen LogP contribution is 2.17. The fraction of sp³-hybridized carbons (Fsp3) is 0. The van der Waals surface area contributed by atoms with Crippen LogP contribution < -0.4 is 0 Å². The highest BCUT2D eigenvalue weighted by atomic mass is 16.6. The fourth-order valence-corrected chi connectivity index (χ4v) is 0.414. The molecular weight excluding hydrogens is 126 g/mol. The minimum absolute atomic E-state index is 0.514. The van der Waals surface area contributed by atoms with E-state index < -0.39 is 16.6 Å². The van der Waals surface area contributed by atoms with E-state index in [-0.39, 0.29) is 0 Å². The molecule has 1 heterocycles. The Morgan fingerprint density at radius 2 is 2.56 bits per heavy atom. The van der Waals surface area contributed by atoms with E-state index in [1.807, 2.05) is 0 Å². The zero-order valence-electron chi connectivity index (χ0n) is 4.24. The van der Waals surface area contributed by atoms with E-state index in [0.717, 1.165) is 6.33 Å². The van der Waals surface area contributed by atoms with Gasteiger partial charge in [0.25, 0.3) is 5.88 Å². The van der Waals surface area contributed by atoms with Crippen LogP contribution in [0.2, 0.25) is 0 Å². The van der Waals surface area contributed by atoms with Gasteiger partial charge >= 0.3 is 5.82 Å². The van der Waals surface area contributed by atoms with E-state index >= 15 is 0 Å². The van der Waals surface area contributed by atoms with Crippen LogP contribution in [0.15, 0.2) is 6.33 Å². The molecule has 0 unspecified atom stereocenters. The van der Waals surface area contributed by atoms with Crippen molar-refractivity contribution < 1.29 is 10.0 Å². The number of nitrogens with one attached hydrogen (secondary N) is 1. The van der Waals surface area contributed by atoms with Gasteiger partial charge in [-0.1, -0.05) is 0 Å². The lowest BCUT2D eigenvalue weighted by atomic mass is 10.7. The highest BCUT2D eigenvalue weighted by molar-refractivity contribution is 5.29. The first-order chi connectivity index (χ1) is 4.22. The van der Waals surface area contributed by atoms with Crippen LogP contribution in [0.4, 0.5) is 5.82 Å². The second-order valence-corrected chi connectivity index (χ2v) is 1.33. The van der Waals surface area contributed by atoms with E-state index in [9.17, 15) is 10.1 Å². The van der Waals surface area contributed by atoms with Crippen molar-refractivity contribution in [2.24, 2.45) is 0 Å². The topological polar surface area (TPSA) is 92.0 Å². The largest absolute Gasteiger partial charge is 0.489 e. The number of rotatable bonds is 1. The summed E-state index contributed by atoms with van der Waals surface area (Å²) in [5.41, 5.74) is 0. The summed E-state index contributed by atoms with van der Waals surface area (Å²) in [4.78, 5) is 14.4. The van der Waals surface area contributed by atoms with Gasteiger partial charge in [-0.2, -0.15) is 0 Å². The maximum absolute atomic E-state index is 9.85. The highest BCUT2D eigenvalue weighted by Gasteiger charge is 2.14. The van der Waals surface area contributed by atoms with Crippen LogP contribution in [-0.2, 0) is 0 Å². The average molecular weight is 129 g/mol. The summed E-state index contributed by atoms with van der Waals surface area (Å²) >= 11 is 0. The molecule has 0 fully saturated rings. The van der Waals surface area contributed by atoms with Crippen molar-refractivity contribution >= 4 is 5.82 Å². The fourth-order valence-electron chi connectivity index (χ4n) is 0.414. The Bertz CT molecular complexity index is 230. The number of aromatic hydroxyl groups is 1. The molecule has 0 bridgehead atoms. The van der Waals surface area contributed by atoms with Gasteiger partial charge in [-0.05, 0) is 9.91 Å². The van der Waals surface area contributed by atoms with Crippen molar-refractivity contribution in [1.82, 2.24) is 9.97 Å². The van der Waals surface area contributed by atoms with Crippen LogP contribution in [0.3, 0.4) is 0 Å². The van der Waals surface area contributed by atoms with Crippen LogP contribution in [0.1, 0.15) is 0 Å². The molecule has 0 atom stereocenters. The Hall–Kier alpha value is -1.59. The van der Waals surface area contributed by atoms with Gasteiger partial charge < -0.3 is 15.2 Å². The molecule has 1 aromatic rings. The molecule has 2 N–H and O–H groups in total. The normalized spacial score (nSPS) is 9.33. The Morgan fingerprint density at radius 3 is 2.78 bits per heavy atom. The third-order valence-corrected chi connectivity index (χ3v) is 0.773. The number of aromatic nitrogens is 2. The molecule has 0 aromatic carbocycles. The molecule has 0 spiro atoms. The van der Waals surface area contributed by atoms with Crippen LogP contribution in [0.25, 0.3) is 0 Å². The molecule has 0 amide bonds. The van der Waals surface area contributed by atoms with E-state index in [4.69, 9.17) is 5.11 Å². The first kappa shape index (κ1) is 5.54. The van der Waals surface area contributed by atoms with E-state index in [2.05, 4.69) is 9.97 Å². The molecule has 0 saturated carbocycles. The molecule has 9 heavy (non-hydrogen) atoms. The van der Waals surface area contributed by atoms with Gasteiger partial charge in [-0.3, -0.25) is 4.98 Å². The van der Waals surface area contributed by atoms with Gasteiger partial charge in [-0.25, -0.2) is 0 Å². The lowest BCUT2D eigenvalue weighted by Crippen LogP contribution is -1.86. The molecule has 0 aliphatic rings. The third-order valence-electron chi connectivity index (χ3n) is 0.773. The van der Waals surface area contributed by atoms with Crippen LogP contribution >= 0.6 is 0 Å². The molecule has 0 aliphatic heterocycles. The van der Waals surface area contributed by atoms with Gasteiger partial charge in [0.2, 0.25) is 6.33 Å². The average Bonchev–Trinajstić information content (AvgIpc) is 2.13. The number of hydrogen-bond donors (Lipinski definition) is 2. The summed E-state index contributed by atoms with van der Waals surface area (Å²) in [6.45, 7) is 0. The summed E-state index contributed by atoms with van der Waals surface area (Å²) in [5.74, 6) is -1.06. The van der Waals surface area contributed by atoms with Gasteiger partial charge in [0.15, 0.2) is 0 Å². The zero-order valence-corrected chi connectivity index (χ0v) is 4.24.